The molecule has 0 aliphatic heterocycles. The monoisotopic (exact) mass is 364 g/mol. The van der Waals surface area contributed by atoms with Gasteiger partial charge < -0.3 is 10.1 Å². The Morgan fingerprint density at radius 3 is 2.36 bits per heavy atom. The van der Waals surface area contributed by atoms with E-state index in [1.807, 2.05) is 13.8 Å². The molecule has 1 atom stereocenters. The molecular formula is C18H18ClFN2O3. The average Bonchev–Trinajstić information content (AvgIpc) is 2.59. The van der Waals surface area contributed by atoms with Gasteiger partial charge in [-0.25, -0.2) is 9.18 Å². The molecule has 1 amide bonds. The third kappa shape index (κ3) is 4.54. The quantitative estimate of drug-likeness (QED) is 0.819. The van der Waals surface area contributed by atoms with Crippen LogP contribution in [-0.2, 0) is 4.74 Å². The number of aromatic nitrogens is 1. The molecular weight excluding hydrogens is 347 g/mol. The zero-order chi connectivity index (χ0) is 18.6. The Bertz CT molecular complexity index is 778. The predicted octanol–water partition coefficient (Wildman–Crippen LogP) is 3.79. The summed E-state index contributed by atoms with van der Waals surface area (Å²) in [5, 5.41) is 3.29. The molecule has 0 saturated heterocycles. The molecule has 0 aliphatic carbocycles. The van der Waals surface area contributed by atoms with Crippen LogP contribution in [0.15, 0.2) is 36.5 Å². The van der Waals surface area contributed by atoms with Gasteiger partial charge in [-0.15, -0.1) is 0 Å². The summed E-state index contributed by atoms with van der Waals surface area (Å²) in [5.41, 5.74) is 0.474. The zero-order valence-corrected chi connectivity index (χ0v) is 14.8. The second kappa shape index (κ2) is 8.07. The maximum Gasteiger partial charge on any atom is 0.339 e. The molecule has 0 saturated carbocycles. The van der Waals surface area contributed by atoms with E-state index >= 15 is 0 Å². The number of esters is 1. The van der Waals surface area contributed by atoms with Crippen molar-refractivity contribution < 1.29 is 18.7 Å². The molecule has 1 heterocycles. The zero-order valence-electron chi connectivity index (χ0n) is 14.0. The highest BCUT2D eigenvalue weighted by Crippen LogP contribution is 2.24. The van der Waals surface area contributed by atoms with Crippen LogP contribution in [0.2, 0.25) is 5.02 Å². The summed E-state index contributed by atoms with van der Waals surface area (Å²) in [6, 6.07) is 6.77. The van der Waals surface area contributed by atoms with Crippen molar-refractivity contribution in [1.82, 2.24) is 10.3 Å². The second-order valence-electron chi connectivity index (χ2n) is 5.78. The second-order valence-corrected chi connectivity index (χ2v) is 6.22. The first kappa shape index (κ1) is 18.9. The van der Waals surface area contributed by atoms with E-state index in [0.29, 0.717) is 10.6 Å². The summed E-state index contributed by atoms with van der Waals surface area (Å²) in [5.74, 6) is -1.85. The number of rotatable bonds is 5. The molecule has 0 spiro atoms. The summed E-state index contributed by atoms with van der Waals surface area (Å²) >= 11 is 5.81. The van der Waals surface area contributed by atoms with Crippen LogP contribution in [0, 0.1) is 11.7 Å². The van der Waals surface area contributed by atoms with Crippen LogP contribution >= 0.6 is 11.6 Å². The van der Waals surface area contributed by atoms with Crippen LogP contribution in [0.25, 0.3) is 0 Å². The lowest BCUT2D eigenvalue weighted by Crippen LogP contribution is -2.33. The van der Waals surface area contributed by atoms with Crippen LogP contribution in [0.1, 0.15) is 46.3 Å². The van der Waals surface area contributed by atoms with Gasteiger partial charge in [-0.3, -0.25) is 9.78 Å². The molecule has 1 aromatic heterocycles. The number of methoxy groups -OCH3 is 1. The van der Waals surface area contributed by atoms with Crippen molar-refractivity contribution in [2.24, 2.45) is 5.92 Å². The van der Waals surface area contributed by atoms with Gasteiger partial charge >= 0.3 is 5.97 Å². The fraction of sp³-hybridized carbons (Fsp3) is 0.278. The van der Waals surface area contributed by atoms with Gasteiger partial charge in [0.1, 0.15) is 5.82 Å². The van der Waals surface area contributed by atoms with Crippen LogP contribution in [0.5, 0.6) is 0 Å². The van der Waals surface area contributed by atoms with Gasteiger partial charge in [0, 0.05) is 16.8 Å². The van der Waals surface area contributed by atoms with E-state index in [1.165, 1.54) is 13.3 Å². The molecule has 5 nitrogen and oxygen atoms in total. The highest BCUT2D eigenvalue weighted by Gasteiger charge is 2.24. The third-order valence-corrected chi connectivity index (χ3v) is 3.90. The first-order valence-corrected chi connectivity index (χ1v) is 8.01. The predicted molar refractivity (Wildman–Crippen MR) is 92.0 cm³/mol. The van der Waals surface area contributed by atoms with Crippen LogP contribution in [-0.4, -0.2) is 24.0 Å². The smallest absolute Gasteiger partial charge is 0.339 e. The Morgan fingerprint density at radius 2 is 1.84 bits per heavy atom. The van der Waals surface area contributed by atoms with Crippen molar-refractivity contribution in [1.29, 1.82) is 0 Å². The minimum atomic E-state index is -0.682. The van der Waals surface area contributed by atoms with Crippen molar-refractivity contribution in [3.05, 3.63) is 64.2 Å². The Balaban J connectivity index is 2.27. The van der Waals surface area contributed by atoms with Crippen molar-refractivity contribution in [3.8, 4) is 0 Å². The summed E-state index contributed by atoms with van der Waals surface area (Å²) in [6.07, 6.45) is 1.23. The number of nitrogens with one attached hydrogen (secondary N) is 1. The number of halogens is 2. The summed E-state index contributed by atoms with van der Waals surface area (Å²) in [7, 11) is 1.21. The van der Waals surface area contributed by atoms with E-state index in [-0.39, 0.29) is 23.1 Å². The van der Waals surface area contributed by atoms with Crippen molar-refractivity contribution >= 4 is 23.5 Å². The molecule has 2 aromatic rings. The molecule has 2 rings (SSSR count). The number of benzene rings is 1. The number of amides is 1. The van der Waals surface area contributed by atoms with Gasteiger partial charge in [-0.05, 0) is 36.2 Å². The van der Waals surface area contributed by atoms with Gasteiger partial charge in [0.2, 0.25) is 0 Å². The van der Waals surface area contributed by atoms with Gasteiger partial charge in [-0.2, -0.15) is 0 Å². The van der Waals surface area contributed by atoms with Crippen molar-refractivity contribution in [2.75, 3.05) is 7.11 Å². The van der Waals surface area contributed by atoms with E-state index in [2.05, 4.69) is 15.0 Å². The Hall–Kier alpha value is -2.47. The third-order valence-electron chi connectivity index (χ3n) is 3.64. The lowest BCUT2D eigenvalue weighted by Gasteiger charge is -2.22. The number of hydrogen-bond donors (Lipinski definition) is 1. The van der Waals surface area contributed by atoms with E-state index in [1.54, 1.807) is 24.3 Å². The summed E-state index contributed by atoms with van der Waals surface area (Å²) in [6.45, 7) is 3.67. The number of pyridine rings is 1. The fourth-order valence-electron chi connectivity index (χ4n) is 2.28. The number of hydrogen-bond acceptors (Lipinski definition) is 4. The molecule has 25 heavy (non-hydrogen) atoms. The number of carbonyl (C=O) groups excluding carboxylic acids is 2. The van der Waals surface area contributed by atoms with Gasteiger partial charge in [0.25, 0.3) is 5.91 Å². The van der Waals surface area contributed by atoms with Crippen LogP contribution in [0.4, 0.5) is 4.39 Å². The lowest BCUT2D eigenvalue weighted by molar-refractivity contribution is 0.0599. The van der Waals surface area contributed by atoms with Crippen LogP contribution in [0.3, 0.4) is 0 Å². The topological polar surface area (TPSA) is 68.3 Å². The fourth-order valence-corrected chi connectivity index (χ4v) is 2.41. The van der Waals surface area contributed by atoms with Gasteiger partial charge in [0.15, 0.2) is 0 Å². The van der Waals surface area contributed by atoms with E-state index in [0.717, 1.165) is 6.07 Å². The minimum Gasteiger partial charge on any atom is -0.465 e. The SMILES string of the molecule is COC(=O)c1cnc(C(NC(=O)c2ccc(Cl)cc2)C(C)C)c(F)c1. The molecule has 1 aromatic carbocycles. The summed E-state index contributed by atoms with van der Waals surface area (Å²) in [4.78, 5) is 27.9. The summed E-state index contributed by atoms with van der Waals surface area (Å²) < 4.78 is 19.0. The van der Waals surface area contributed by atoms with Crippen LogP contribution < -0.4 is 5.32 Å². The first-order valence-electron chi connectivity index (χ1n) is 7.63. The normalized spacial score (nSPS) is 11.9. The van der Waals surface area contributed by atoms with E-state index in [4.69, 9.17) is 11.6 Å². The maximum atomic E-state index is 14.4. The largest absolute Gasteiger partial charge is 0.465 e. The average molecular weight is 365 g/mol. The molecule has 1 unspecified atom stereocenters. The molecule has 0 bridgehead atoms. The Kier molecular flexibility index (Phi) is 6.09. The highest BCUT2D eigenvalue weighted by atomic mass is 35.5. The Labute approximate surface area is 150 Å². The van der Waals surface area contributed by atoms with E-state index < -0.39 is 17.8 Å². The molecule has 0 fully saturated rings. The molecule has 132 valence electrons. The minimum absolute atomic E-state index is 0.00952. The van der Waals surface area contributed by atoms with Gasteiger partial charge in [-0.1, -0.05) is 25.4 Å². The number of carbonyl (C=O) groups is 2. The molecule has 0 radical (unpaired) electrons. The first-order chi connectivity index (χ1) is 11.8. The molecule has 0 aliphatic rings. The maximum absolute atomic E-state index is 14.4. The number of ether oxygens (including phenoxy) is 1. The molecule has 7 heteroatoms. The van der Waals surface area contributed by atoms with E-state index in [9.17, 15) is 14.0 Å². The highest BCUT2D eigenvalue weighted by molar-refractivity contribution is 6.30. The lowest BCUT2D eigenvalue weighted by atomic mass is 9.98. The molecule has 1 N–H and O–H groups in total. The van der Waals surface area contributed by atoms with Crippen molar-refractivity contribution in [3.63, 3.8) is 0 Å². The Morgan fingerprint density at radius 1 is 1.20 bits per heavy atom. The van der Waals surface area contributed by atoms with Crippen molar-refractivity contribution in [2.45, 2.75) is 19.9 Å². The number of nitrogens with zero attached hydrogens (tertiary/aromatic N) is 1. The standard InChI is InChI=1S/C18H18ClFN2O3/c1-10(2)15(22-17(23)11-4-6-13(19)7-5-11)16-14(20)8-12(9-21-16)18(24)25-3/h4-10,15H,1-3H3,(H,22,23). The van der Waals surface area contributed by atoms with Gasteiger partial charge in [0.05, 0.1) is 24.4 Å².